The van der Waals surface area contributed by atoms with E-state index in [2.05, 4.69) is 11.4 Å². The lowest BCUT2D eigenvalue weighted by Crippen LogP contribution is -2.54. The van der Waals surface area contributed by atoms with Crippen LogP contribution in [-0.4, -0.2) is 31.9 Å². The maximum absolute atomic E-state index is 12.0. The summed E-state index contributed by atoms with van der Waals surface area (Å²) in [5, 5.41) is 12.2. The molecule has 0 aromatic rings. The first-order valence-electron chi connectivity index (χ1n) is 6.56. The van der Waals surface area contributed by atoms with Gasteiger partial charge in [-0.05, 0) is 46.5 Å². The minimum atomic E-state index is -0.915. The summed E-state index contributed by atoms with van der Waals surface area (Å²) in [5.74, 6) is 0. The highest BCUT2D eigenvalue weighted by Crippen LogP contribution is 2.40. The minimum Gasteiger partial charge on any atom is -0.444 e. The largest absolute Gasteiger partial charge is 0.444 e. The third kappa shape index (κ3) is 3.08. The van der Waals surface area contributed by atoms with Gasteiger partial charge in [-0.25, -0.2) is 4.79 Å². The molecule has 2 bridgehead atoms. The van der Waals surface area contributed by atoms with Crippen molar-refractivity contribution in [1.82, 2.24) is 5.32 Å². The number of fused-ring (bicyclic) bond motifs is 2. The zero-order chi connectivity index (χ0) is 14.3. The topological polar surface area (TPSA) is 79.2 Å². The van der Waals surface area contributed by atoms with Crippen LogP contribution >= 0.6 is 0 Å². The minimum absolute atomic E-state index is 0.0355. The van der Waals surface area contributed by atoms with Crippen LogP contribution in [0.3, 0.4) is 0 Å². The van der Waals surface area contributed by atoms with Crippen molar-refractivity contribution in [3.8, 4) is 6.07 Å². The summed E-state index contributed by atoms with van der Waals surface area (Å²) in [5.41, 5.74) is -1.50. The molecule has 0 radical (unpaired) electrons. The molecule has 0 saturated carbocycles. The Morgan fingerprint density at radius 3 is 2.32 bits per heavy atom. The van der Waals surface area contributed by atoms with Gasteiger partial charge in [0.05, 0.1) is 6.07 Å². The number of alkyl carbamates (subject to hydrolysis) is 1. The van der Waals surface area contributed by atoms with Gasteiger partial charge < -0.3 is 10.1 Å². The summed E-state index contributed by atoms with van der Waals surface area (Å²) in [7, 11) is -0.844. The van der Waals surface area contributed by atoms with E-state index in [0.29, 0.717) is 12.8 Å². The summed E-state index contributed by atoms with van der Waals surface area (Å²) >= 11 is 0. The molecule has 2 aliphatic rings. The Labute approximate surface area is 116 Å². The highest BCUT2D eigenvalue weighted by atomic mass is 32.2. The highest BCUT2D eigenvalue weighted by molar-refractivity contribution is 7.86. The normalized spacial score (nSPS) is 37.5. The van der Waals surface area contributed by atoms with Crippen molar-refractivity contribution in [3.63, 3.8) is 0 Å². The number of hydrogen-bond acceptors (Lipinski definition) is 4. The summed E-state index contributed by atoms with van der Waals surface area (Å²) in [6.45, 7) is 5.35. The summed E-state index contributed by atoms with van der Waals surface area (Å²) < 4.78 is 17.2. The fourth-order valence-electron chi connectivity index (χ4n) is 2.83. The third-order valence-corrected chi connectivity index (χ3v) is 5.69. The van der Waals surface area contributed by atoms with Crippen LogP contribution in [0.4, 0.5) is 4.79 Å². The van der Waals surface area contributed by atoms with Gasteiger partial charge in [-0.15, -0.1) is 0 Å². The molecule has 2 rings (SSSR count). The fourth-order valence-corrected chi connectivity index (χ4v) is 5.00. The van der Waals surface area contributed by atoms with Crippen LogP contribution in [0.25, 0.3) is 0 Å². The summed E-state index contributed by atoms with van der Waals surface area (Å²) in [4.78, 5) is 11.8. The first-order valence-corrected chi connectivity index (χ1v) is 7.84. The average molecular weight is 284 g/mol. The molecule has 5 nitrogen and oxygen atoms in total. The number of rotatable bonds is 1. The lowest BCUT2D eigenvalue weighted by molar-refractivity contribution is 0.0472. The van der Waals surface area contributed by atoms with Crippen molar-refractivity contribution in [1.29, 1.82) is 5.26 Å². The van der Waals surface area contributed by atoms with Crippen molar-refractivity contribution in [3.05, 3.63) is 0 Å². The Hall–Kier alpha value is -1.09. The molecule has 19 heavy (non-hydrogen) atoms. The Bertz CT molecular complexity index is 434. The second-order valence-electron chi connectivity index (χ2n) is 6.38. The maximum Gasteiger partial charge on any atom is 0.408 e. The van der Waals surface area contributed by atoms with E-state index in [9.17, 15) is 14.3 Å². The molecule has 6 heteroatoms. The average Bonchev–Trinajstić information content (AvgIpc) is 2.49. The number of carbonyl (C=O) groups excluding carboxylic acids is 1. The molecule has 0 aliphatic carbocycles. The van der Waals surface area contributed by atoms with Crippen molar-refractivity contribution in [2.75, 3.05) is 0 Å². The number of carbonyl (C=O) groups is 1. The molecule has 2 unspecified atom stereocenters. The molecule has 2 fully saturated rings. The quantitative estimate of drug-likeness (QED) is 0.797. The number of nitrogens with zero attached hydrogens (tertiary/aromatic N) is 1. The number of ether oxygens (including phenoxy) is 1. The Morgan fingerprint density at radius 2 is 1.89 bits per heavy atom. The van der Waals surface area contributed by atoms with Crippen LogP contribution < -0.4 is 5.32 Å². The van der Waals surface area contributed by atoms with Crippen molar-refractivity contribution >= 4 is 16.9 Å². The lowest BCUT2D eigenvalue weighted by Gasteiger charge is -2.35. The van der Waals surface area contributed by atoms with Gasteiger partial charge in [-0.2, -0.15) is 5.26 Å². The van der Waals surface area contributed by atoms with Crippen LogP contribution in [0.2, 0.25) is 0 Å². The van der Waals surface area contributed by atoms with E-state index in [1.807, 2.05) is 0 Å². The van der Waals surface area contributed by atoms with Crippen molar-refractivity contribution < 1.29 is 13.7 Å². The van der Waals surface area contributed by atoms with E-state index in [-0.39, 0.29) is 10.5 Å². The van der Waals surface area contributed by atoms with Crippen molar-refractivity contribution in [2.45, 2.75) is 68.1 Å². The molecular weight excluding hydrogens is 264 g/mol. The molecule has 2 saturated heterocycles. The highest BCUT2D eigenvalue weighted by Gasteiger charge is 2.50. The molecule has 0 aromatic heterocycles. The van der Waals surface area contributed by atoms with Gasteiger partial charge in [0.2, 0.25) is 0 Å². The van der Waals surface area contributed by atoms with Crippen LogP contribution in [0, 0.1) is 11.3 Å². The molecule has 2 atom stereocenters. The molecule has 1 amide bonds. The Kier molecular flexibility index (Phi) is 3.61. The van der Waals surface area contributed by atoms with Gasteiger partial charge in [0.1, 0.15) is 11.1 Å². The van der Waals surface area contributed by atoms with Gasteiger partial charge in [0.25, 0.3) is 0 Å². The number of amides is 1. The van der Waals surface area contributed by atoms with E-state index in [1.165, 1.54) is 0 Å². The standard InChI is InChI=1S/C13H20N2O3S/c1-12(2,3)18-11(16)15-13(8-14)6-9-4-5-10(7-13)19(9)17/h9-10H,4-7H2,1-3H3,(H,15,16). The van der Waals surface area contributed by atoms with E-state index >= 15 is 0 Å². The predicted octanol–water partition coefficient (Wildman–Crippen LogP) is 1.85. The maximum atomic E-state index is 12.0. The third-order valence-electron chi connectivity index (χ3n) is 3.57. The molecule has 0 aromatic carbocycles. The second kappa shape index (κ2) is 4.78. The van der Waals surface area contributed by atoms with E-state index in [4.69, 9.17) is 4.74 Å². The predicted molar refractivity (Wildman–Crippen MR) is 71.9 cm³/mol. The molecule has 106 valence electrons. The van der Waals surface area contributed by atoms with Crippen LogP contribution in [0.1, 0.15) is 46.5 Å². The van der Waals surface area contributed by atoms with Crippen LogP contribution in [-0.2, 0) is 15.5 Å². The van der Waals surface area contributed by atoms with Gasteiger partial charge in [0.15, 0.2) is 0 Å². The van der Waals surface area contributed by atoms with Gasteiger partial charge in [-0.3, -0.25) is 4.21 Å². The SMILES string of the molecule is CC(C)(C)OC(=O)NC1(C#N)CC2CCC(C1)S2=O. The van der Waals surface area contributed by atoms with Gasteiger partial charge in [0, 0.05) is 21.3 Å². The first-order chi connectivity index (χ1) is 8.75. The van der Waals surface area contributed by atoms with E-state index in [0.717, 1.165) is 12.8 Å². The molecule has 2 aliphatic heterocycles. The van der Waals surface area contributed by atoms with E-state index < -0.39 is 28.0 Å². The smallest absolute Gasteiger partial charge is 0.408 e. The number of nitrogens with one attached hydrogen (secondary N) is 1. The zero-order valence-corrected chi connectivity index (χ0v) is 12.4. The van der Waals surface area contributed by atoms with Gasteiger partial charge >= 0.3 is 6.09 Å². The van der Waals surface area contributed by atoms with E-state index in [1.54, 1.807) is 20.8 Å². The lowest BCUT2D eigenvalue weighted by atomic mass is 9.91. The second-order valence-corrected chi connectivity index (χ2v) is 8.37. The number of nitriles is 1. The first kappa shape index (κ1) is 14.3. The van der Waals surface area contributed by atoms with Gasteiger partial charge in [-0.1, -0.05) is 0 Å². The van der Waals surface area contributed by atoms with Crippen molar-refractivity contribution in [2.24, 2.45) is 0 Å². The fraction of sp³-hybridized carbons (Fsp3) is 0.846. The molecule has 2 heterocycles. The molecule has 0 spiro atoms. The Morgan fingerprint density at radius 1 is 1.37 bits per heavy atom. The summed E-state index contributed by atoms with van der Waals surface area (Å²) in [6.07, 6.45) is 2.13. The van der Waals surface area contributed by atoms with Crippen LogP contribution in [0.5, 0.6) is 0 Å². The summed E-state index contributed by atoms with van der Waals surface area (Å²) in [6, 6.07) is 2.21. The number of hydrogen-bond donors (Lipinski definition) is 1. The zero-order valence-electron chi connectivity index (χ0n) is 11.6. The molecule has 1 N–H and O–H groups in total. The Balaban J connectivity index is 2.07. The molecular formula is C13H20N2O3S. The monoisotopic (exact) mass is 284 g/mol. The van der Waals surface area contributed by atoms with Crippen LogP contribution in [0.15, 0.2) is 0 Å².